The summed E-state index contributed by atoms with van der Waals surface area (Å²) in [6, 6.07) is 0.389. The van der Waals surface area contributed by atoms with E-state index in [1.165, 1.54) is 4.90 Å². The van der Waals surface area contributed by atoms with Gasteiger partial charge in [-0.3, -0.25) is 4.79 Å². The third-order valence-electron chi connectivity index (χ3n) is 3.11. The van der Waals surface area contributed by atoms with Crippen molar-refractivity contribution >= 4 is 23.5 Å². The lowest BCUT2D eigenvalue weighted by Crippen LogP contribution is -2.41. The van der Waals surface area contributed by atoms with Gasteiger partial charge >= 0.3 is 5.97 Å². The number of rotatable bonds is 3. The maximum Gasteiger partial charge on any atom is 0.328 e. The van der Waals surface area contributed by atoms with Gasteiger partial charge in [0.05, 0.1) is 18.4 Å². The van der Waals surface area contributed by atoms with E-state index in [4.69, 9.17) is 16.3 Å². The molecule has 1 aromatic heterocycles. The lowest BCUT2D eigenvalue weighted by atomic mass is 10.2. The van der Waals surface area contributed by atoms with Crippen LogP contribution in [0.5, 0.6) is 0 Å². The average Bonchev–Trinajstić information content (AvgIpc) is 2.90. The molecule has 1 aromatic rings. The summed E-state index contributed by atoms with van der Waals surface area (Å²) in [7, 11) is 0. The molecule has 1 amide bonds. The Hall–Kier alpha value is -1.69. The van der Waals surface area contributed by atoms with Gasteiger partial charge < -0.3 is 9.64 Å². The van der Waals surface area contributed by atoms with Crippen LogP contribution in [0, 0.1) is 5.82 Å². The summed E-state index contributed by atoms with van der Waals surface area (Å²) in [5, 5.41) is -0.0779. The first-order chi connectivity index (χ1) is 9.54. The monoisotopic (exact) mass is 300 g/mol. The zero-order valence-corrected chi connectivity index (χ0v) is 11.7. The maximum atomic E-state index is 13.2. The zero-order valence-electron chi connectivity index (χ0n) is 10.9. The number of amides is 1. The molecule has 0 saturated carbocycles. The first-order valence-corrected chi connectivity index (χ1v) is 6.71. The number of pyridine rings is 1. The normalized spacial score (nSPS) is 18.1. The highest BCUT2D eigenvalue weighted by Gasteiger charge is 2.36. The van der Waals surface area contributed by atoms with Crippen molar-refractivity contribution in [2.24, 2.45) is 0 Å². The number of ether oxygens (including phenoxy) is 1. The number of hydrogen-bond donors (Lipinski definition) is 0. The third-order valence-corrected chi connectivity index (χ3v) is 3.41. The second kappa shape index (κ2) is 6.17. The van der Waals surface area contributed by atoms with Crippen molar-refractivity contribution in [2.75, 3.05) is 13.2 Å². The quantitative estimate of drug-likeness (QED) is 0.633. The minimum atomic E-state index is -0.648. The fraction of sp³-hybridized carbons (Fsp3) is 0.462. The number of nitrogens with zero attached hydrogens (tertiary/aromatic N) is 2. The Morgan fingerprint density at radius 3 is 3.05 bits per heavy atom. The SMILES string of the molecule is CCOC(=O)C1CCCN1C(=O)c1cc(F)cnc1Cl. The van der Waals surface area contributed by atoms with E-state index in [0.29, 0.717) is 19.4 Å². The van der Waals surface area contributed by atoms with Crippen molar-refractivity contribution in [2.45, 2.75) is 25.8 Å². The molecule has 2 heterocycles. The minimum absolute atomic E-state index is 0.0390. The van der Waals surface area contributed by atoms with Crippen LogP contribution in [-0.2, 0) is 9.53 Å². The van der Waals surface area contributed by atoms with Crippen LogP contribution >= 0.6 is 11.6 Å². The number of carbonyl (C=O) groups excluding carboxylic acids is 2. The number of aromatic nitrogens is 1. The van der Waals surface area contributed by atoms with Crippen LogP contribution in [0.3, 0.4) is 0 Å². The first-order valence-electron chi connectivity index (χ1n) is 6.33. The molecule has 1 aliphatic rings. The molecular weight excluding hydrogens is 287 g/mol. The molecule has 1 saturated heterocycles. The molecular formula is C13H14ClFN2O3. The Kier molecular flexibility index (Phi) is 4.54. The molecule has 1 aliphatic heterocycles. The van der Waals surface area contributed by atoms with E-state index >= 15 is 0 Å². The van der Waals surface area contributed by atoms with Crippen LogP contribution in [0.4, 0.5) is 4.39 Å². The summed E-state index contributed by atoms with van der Waals surface area (Å²) in [6.07, 6.45) is 2.16. The van der Waals surface area contributed by atoms with Crippen LogP contribution in [0.15, 0.2) is 12.3 Å². The van der Waals surface area contributed by atoms with E-state index in [1.54, 1.807) is 6.92 Å². The van der Waals surface area contributed by atoms with Gasteiger partial charge in [-0.05, 0) is 25.8 Å². The van der Waals surface area contributed by atoms with Crippen molar-refractivity contribution in [3.05, 3.63) is 28.8 Å². The van der Waals surface area contributed by atoms with Gasteiger partial charge in [-0.25, -0.2) is 14.2 Å². The van der Waals surface area contributed by atoms with Gasteiger partial charge in [0.15, 0.2) is 0 Å². The number of esters is 1. The second-order valence-electron chi connectivity index (χ2n) is 4.40. The highest BCUT2D eigenvalue weighted by atomic mass is 35.5. The molecule has 0 bridgehead atoms. The molecule has 0 N–H and O–H groups in total. The number of halogens is 2. The van der Waals surface area contributed by atoms with Gasteiger partial charge in [0.2, 0.25) is 0 Å². The number of likely N-dealkylation sites (tertiary alicyclic amines) is 1. The zero-order chi connectivity index (χ0) is 14.7. The summed E-state index contributed by atoms with van der Waals surface area (Å²) in [5.41, 5.74) is -0.0390. The summed E-state index contributed by atoms with van der Waals surface area (Å²) in [5.74, 6) is -1.60. The minimum Gasteiger partial charge on any atom is -0.464 e. The highest BCUT2D eigenvalue weighted by Crippen LogP contribution is 2.24. The van der Waals surface area contributed by atoms with E-state index in [9.17, 15) is 14.0 Å². The van der Waals surface area contributed by atoms with E-state index < -0.39 is 23.7 Å². The van der Waals surface area contributed by atoms with Crippen LogP contribution in [0.2, 0.25) is 5.15 Å². The Morgan fingerprint density at radius 1 is 1.60 bits per heavy atom. The summed E-state index contributed by atoms with van der Waals surface area (Å²) < 4.78 is 18.1. The van der Waals surface area contributed by atoms with E-state index in [1.807, 2.05) is 0 Å². The highest BCUT2D eigenvalue weighted by molar-refractivity contribution is 6.32. The predicted molar refractivity (Wildman–Crippen MR) is 69.9 cm³/mol. The summed E-state index contributed by atoms with van der Waals surface area (Å²) in [4.78, 5) is 29.1. The maximum absolute atomic E-state index is 13.2. The van der Waals surface area contributed by atoms with E-state index in [2.05, 4.69) is 4.98 Å². The molecule has 1 atom stereocenters. The lowest BCUT2D eigenvalue weighted by molar-refractivity contribution is -0.147. The van der Waals surface area contributed by atoms with Crippen LogP contribution in [0.25, 0.3) is 0 Å². The van der Waals surface area contributed by atoms with Crippen LogP contribution < -0.4 is 0 Å². The topological polar surface area (TPSA) is 59.5 Å². The molecule has 20 heavy (non-hydrogen) atoms. The van der Waals surface area contributed by atoms with Gasteiger partial charge in [-0.15, -0.1) is 0 Å². The van der Waals surface area contributed by atoms with Crippen molar-refractivity contribution < 1.29 is 18.7 Å². The Bertz CT molecular complexity index is 538. The van der Waals surface area contributed by atoms with Gasteiger partial charge in [0.1, 0.15) is 17.0 Å². The predicted octanol–water partition coefficient (Wildman–Crippen LogP) is 2.04. The fourth-order valence-electron chi connectivity index (χ4n) is 2.22. The summed E-state index contributed by atoms with van der Waals surface area (Å²) in [6.45, 7) is 2.36. The molecule has 0 aromatic carbocycles. The number of hydrogen-bond acceptors (Lipinski definition) is 4. The molecule has 0 aliphatic carbocycles. The van der Waals surface area contributed by atoms with E-state index in [0.717, 1.165) is 12.3 Å². The van der Waals surface area contributed by atoms with Crippen LogP contribution in [-0.4, -0.2) is 41.0 Å². The van der Waals surface area contributed by atoms with Gasteiger partial charge in [0.25, 0.3) is 5.91 Å². The molecule has 0 spiro atoms. The molecule has 5 nitrogen and oxygen atoms in total. The van der Waals surface area contributed by atoms with E-state index in [-0.39, 0.29) is 17.3 Å². The first kappa shape index (κ1) is 14.7. The molecule has 0 radical (unpaired) electrons. The van der Waals surface area contributed by atoms with Crippen molar-refractivity contribution in [3.63, 3.8) is 0 Å². The van der Waals surface area contributed by atoms with Crippen molar-refractivity contribution in [1.29, 1.82) is 0 Å². The summed E-state index contributed by atoms with van der Waals surface area (Å²) >= 11 is 5.82. The van der Waals surface area contributed by atoms with Crippen molar-refractivity contribution in [1.82, 2.24) is 9.88 Å². The lowest BCUT2D eigenvalue weighted by Gasteiger charge is -2.23. The third kappa shape index (κ3) is 2.90. The van der Waals surface area contributed by atoms with Gasteiger partial charge in [-0.2, -0.15) is 0 Å². The fourth-order valence-corrected chi connectivity index (χ4v) is 2.40. The Labute approximate surface area is 120 Å². The Morgan fingerprint density at radius 2 is 2.35 bits per heavy atom. The molecule has 108 valence electrons. The van der Waals surface area contributed by atoms with Gasteiger partial charge in [0, 0.05) is 6.54 Å². The molecule has 1 unspecified atom stereocenters. The standard InChI is InChI=1S/C13H14ClFN2O3/c1-2-20-13(19)10-4-3-5-17(10)12(18)9-6-8(15)7-16-11(9)14/h6-7,10H,2-5H2,1H3. The molecule has 1 fully saturated rings. The Balaban J connectivity index is 2.23. The molecule has 7 heteroatoms. The molecule has 2 rings (SSSR count). The number of carbonyl (C=O) groups is 2. The van der Waals surface area contributed by atoms with Crippen LogP contribution in [0.1, 0.15) is 30.1 Å². The average molecular weight is 301 g/mol. The van der Waals surface area contributed by atoms with Crippen molar-refractivity contribution in [3.8, 4) is 0 Å². The van der Waals surface area contributed by atoms with Gasteiger partial charge in [-0.1, -0.05) is 11.6 Å². The smallest absolute Gasteiger partial charge is 0.328 e. The largest absolute Gasteiger partial charge is 0.464 e. The second-order valence-corrected chi connectivity index (χ2v) is 4.76.